The van der Waals surface area contributed by atoms with Crippen molar-refractivity contribution >= 4 is 12.6 Å². The lowest BCUT2D eigenvalue weighted by Crippen LogP contribution is -2.40. The molecule has 1 amide bonds. The van der Waals surface area contributed by atoms with E-state index in [4.69, 9.17) is 4.74 Å². The standard InChI is InChI=1S/C16H20N2O2/c1-17-14-11-20-15(13-5-3-2-4-6-13)10-18(16(14)19)9-12-7-8-12/h2-6,12,14-15H,1,7-11H2/t14-,15+/m0/s1. The van der Waals surface area contributed by atoms with Crippen LogP contribution in [-0.4, -0.2) is 43.3 Å². The lowest BCUT2D eigenvalue weighted by atomic mass is 10.1. The lowest BCUT2D eigenvalue weighted by Gasteiger charge is -2.24. The van der Waals surface area contributed by atoms with Crippen LogP contribution >= 0.6 is 0 Å². The predicted octanol–water partition coefficient (Wildman–Crippen LogP) is 2.07. The van der Waals surface area contributed by atoms with Gasteiger partial charge in [0.25, 0.3) is 0 Å². The molecule has 1 aliphatic carbocycles. The van der Waals surface area contributed by atoms with Crippen LogP contribution in [0.5, 0.6) is 0 Å². The molecular weight excluding hydrogens is 252 g/mol. The molecule has 1 aromatic rings. The Kier molecular flexibility index (Phi) is 3.83. The van der Waals surface area contributed by atoms with Crippen molar-refractivity contribution in [2.75, 3.05) is 19.7 Å². The molecule has 106 valence electrons. The molecule has 3 rings (SSSR count). The molecule has 0 bridgehead atoms. The Morgan fingerprint density at radius 3 is 2.70 bits per heavy atom. The highest BCUT2D eigenvalue weighted by Gasteiger charge is 2.34. The molecule has 2 atom stereocenters. The van der Waals surface area contributed by atoms with Crippen LogP contribution in [0, 0.1) is 5.92 Å². The van der Waals surface area contributed by atoms with Crippen molar-refractivity contribution in [1.29, 1.82) is 0 Å². The van der Waals surface area contributed by atoms with Crippen LogP contribution in [0.4, 0.5) is 0 Å². The van der Waals surface area contributed by atoms with Gasteiger partial charge in [-0.05, 0) is 31.0 Å². The quantitative estimate of drug-likeness (QED) is 0.787. The van der Waals surface area contributed by atoms with Crippen LogP contribution in [0.25, 0.3) is 0 Å². The third-order valence-corrected chi connectivity index (χ3v) is 4.01. The largest absolute Gasteiger partial charge is 0.369 e. The number of carbonyl (C=O) groups is 1. The second-order valence-corrected chi connectivity index (χ2v) is 5.62. The number of ether oxygens (including phenoxy) is 1. The van der Waals surface area contributed by atoms with E-state index in [0.717, 1.165) is 12.1 Å². The van der Waals surface area contributed by atoms with Gasteiger partial charge in [0.1, 0.15) is 6.10 Å². The zero-order chi connectivity index (χ0) is 13.9. The molecule has 1 aliphatic heterocycles. The van der Waals surface area contributed by atoms with E-state index in [1.165, 1.54) is 12.8 Å². The summed E-state index contributed by atoms with van der Waals surface area (Å²) < 4.78 is 5.90. The van der Waals surface area contributed by atoms with Crippen molar-refractivity contribution in [1.82, 2.24) is 4.90 Å². The smallest absolute Gasteiger partial charge is 0.249 e. The number of nitrogens with zero attached hydrogens (tertiary/aromatic N) is 2. The molecule has 0 spiro atoms. The fraction of sp³-hybridized carbons (Fsp3) is 0.500. The molecular formula is C16H20N2O2. The number of carbonyl (C=O) groups excluding carboxylic acids is 1. The summed E-state index contributed by atoms with van der Waals surface area (Å²) in [6.07, 6.45) is 2.39. The van der Waals surface area contributed by atoms with Gasteiger partial charge >= 0.3 is 0 Å². The van der Waals surface area contributed by atoms with E-state index < -0.39 is 6.04 Å². The highest BCUT2D eigenvalue weighted by molar-refractivity contribution is 5.83. The number of aliphatic imine (C=N–C) groups is 1. The molecule has 2 aliphatic rings. The summed E-state index contributed by atoms with van der Waals surface area (Å²) >= 11 is 0. The fourth-order valence-corrected chi connectivity index (χ4v) is 2.61. The Hall–Kier alpha value is -1.68. The molecule has 0 aromatic heterocycles. The Morgan fingerprint density at radius 1 is 1.30 bits per heavy atom. The van der Waals surface area contributed by atoms with Crippen molar-refractivity contribution in [3.63, 3.8) is 0 Å². The maximum atomic E-state index is 12.4. The van der Waals surface area contributed by atoms with Crippen LogP contribution in [0.2, 0.25) is 0 Å². The minimum absolute atomic E-state index is 0.0605. The first-order valence-corrected chi connectivity index (χ1v) is 7.19. The van der Waals surface area contributed by atoms with Gasteiger partial charge in [0.05, 0.1) is 13.2 Å². The maximum absolute atomic E-state index is 12.4. The molecule has 0 N–H and O–H groups in total. The highest BCUT2D eigenvalue weighted by Crippen LogP contribution is 2.32. The van der Waals surface area contributed by atoms with Crippen molar-refractivity contribution in [2.24, 2.45) is 10.9 Å². The van der Waals surface area contributed by atoms with E-state index in [-0.39, 0.29) is 12.0 Å². The summed E-state index contributed by atoms with van der Waals surface area (Å²) in [7, 11) is 0. The topological polar surface area (TPSA) is 41.9 Å². The number of benzene rings is 1. The van der Waals surface area contributed by atoms with Crippen LogP contribution in [0.3, 0.4) is 0 Å². The minimum Gasteiger partial charge on any atom is -0.369 e. The number of amides is 1. The van der Waals surface area contributed by atoms with Gasteiger partial charge in [-0.3, -0.25) is 9.79 Å². The molecule has 4 heteroatoms. The van der Waals surface area contributed by atoms with Gasteiger partial charge in [-0.15, -0.1) is 0 Å². The maximum Gasteiger partial charge on any atom is 0.249 e. The number of rotatable bonds is 4. The zero-order valence-corrected chi connectivity index (χ0v) is 11.6. The van der Waals surface area contributed by atoms with Gasteiger partial charge in [0.2, 0.25) is 5.91 Å². The van der Waals surface area contributed by atoms with E-state index in [2.05, 4.69) is 11.7 Å². The first kappa shape index (κ1) is 13.3. The van der Waals surface area contributed by atoms with E-state index >= 15 is 0 Å². The summed E-state index contributed by atoms with van der Waals surface area (Å²) in [6, 6.07) is 9.63. The molecule has 0 unspecified atom stereocenters. The van der Waals surface area contributed by atoms with Crippen molar-refractivity contribution in [3.8, 4) is 0 Å². The molecule has 4 nitrogen and oxygen atoms in total. The van der Waals surface area contributed by atoms with Crippen LogP contribution in [-0.2, 0) is 9.53 Å². The van der Waals surface area contributed by atoms with Crippen LogP contribution in [0.1, 0.15) is 24.5 Å². The third kappa shape index (κ3) is 2.90. The normalized spacial score (nSPS) is 27.2. The summed E-state index contributed by atoms with van der Waals surface area (Å²) in [5.74, 6) is 0.726. The van der Waals surface area contributed by atoms with Gasteiger partial charge < -0.3 is 9.64 Å². The summed E-state index contributed by atoms with van der Waals surface area (Å²) in [5.41, 5.74) is 1.12. The summed E-state index contributed by atoms with van der Waals surface area (Å²) in [5, 5.41) is 0. The van der Waals surface area contributed by atoms with Crippen molar-refractivity contribution < 1.29 is 9.53 Å². The van der Waals surface area contributed by atoms with Gasteiger partial charge in [0.15, 0.2) is 6.04 Å². The Morgan fingerprint density at radius 2 is 2.05 bits per heavy atom. The van der Waals surface area contributed by atoms with E-state index in [1.54, 1.807) is 0 Å². The molecule has 1 aromatic carbocycles. The summed E-state index contributed by atoms with van der Waals surface area (Å²) in [4.78, 5) is 18.3. The summed E-state index contributed by atoms with van der Waals surface area (Å²) in [6.45, 7) is 5.30. The van der Waals surface area contributed by atoms with Crippen molar-refractivity contribution in [2.45, 2.75) is 25.0 Å². The first-order chi connectivity index (χ1) is 9.78. The highest BCUT2D eigenvalue weighted by atomic mass is 16.5. The average Bonchev–Trinajstić information content (AvgIpc) is 3.30. The van der Waals surface area contributed by atoms with Crippen LogP contribution in [0.15, 0.2) is 35.3 Å². The monoisotopic (exact) mass is 272 g/mol. The Labute approximate surface area is 119 Å². The average molecular weight is 272 g/mol. The molecule has 1 saturated heterocycles. The predicted molar refractivity (Wildman–Crippen MR) is 77.8 cm³/mol. The molecule has 2 fully saturated rings. The second-order valence-electron chi connectivity index (χ2n) is 5.62. The van der Waals surface area contributed by atoms with Gasteiger partial charge in [-0.25, -0.2) is 0 Å². The Balaban J connectivity index is 1.79. The van der Waals surface area contributed by atoms with Gasteiger partial charge in [-0.1, -0.05) is 30.3 Å². The van der Waals surface area contributed by atoms with E-state index in [1.807, 2.05) is 35.2 Å². The lowest BCUT2D eigenvalue weighted by molar-refractivity contribution is -0.132. The molecule has 20 heavy (non-hydrogen) atoms. The number of hydrogen-bond donors (Lipinski definition) is 0. The van der Waals surface area contributed by atoms with E-state index in [0.29, 0.717) is 19.1 Å². The zero-order valence-electron chi connectivity index (χ0n) is 11.6. The number of hydrogen-bond acceptors (Lipinski definition) is 3. The van der Waals surface area contributed by atoms with Crippen molar-refractivity contribution in [3.05, 3.63) is 35.9 Å². The van der Waals surface area contributed by atoms with Gasteiger partial charge in [-0.2, -0.15) is 0 Å². The minimum atomic E-state index is -0.456. The van der Waals surface area contributed by atoms with Crippen LogP contribution < -0.4 is 0 Å². The third-order valence-electron chi connectivity index (χ3n) is 4.01. The first-order valence-electron chi connectivity index (χ1n) is 7.19. The van der Waals surface area contributed by atoms with Gasteiger partial charge in [0, 0.05) is 6.54 Å². The molecule has 0 radical (unpaired) electrons. The molecule has 1 saturated carbocycles. The fourth-order valence-electron chi connectivity index (χ4n) is 2.61. The second kappa shape index (κ2) is 5.75. The SMILES string of the molecule is C=N[C@H]1CO[C@@H](c2ccccc2)CN(CC2CC2)C1=O. The Bertz CT molecular complexity index is 485. The molecule has 1 heterocycles. The van der Waals surface area contributed by atoms with E-state index in [9.17, 15) is 4.79 Å².